The molecule has 0 radical (unpaired) electrons. The number of carbonyl (C=O) groups excluding carboxylic acids is 2. The number of sulfonamides is 1. The number of carbonyl (C=O) groups is 2. The minimum absolute atomic E-state index is 0.130. The number of nitrogens with zero attached hydrogens (tertiary/aromatic N) is 2. The summed E-state index contributed by atoms with van der Waals surface area (Å²) in [5.74, 6) is -0.443. The van der Waals surface area contributed by atoms with E-state index in [4.69, 9.17) is 0 Å². The van der Waals surface area contributed by atoms with Gasteiger partial charge in [-0.2, -0.15) is 0 Å². The highest BCUT2D eigenvalue weighted by atomic mass is 32.2. The van der Waals surface area contributed by atoms with Crippen molar-refractivity contribution in [2.45, 2.75) is 46.2 Å². The molecule has 0 bridgehead atoms. The van der Waals surface area contributed by atoms with Crippen LogP contribution in [0.15, 0.2) is 48.5 Å². The lowest BCUT2D eigenvalue weighted by Crippen LogP contribution is -2.46. The largest absolute Gasteiger partial charge is 0.357 e. The zero-order valence-corrected chi connectivity index (χ0v) is 20.3. The first-order valence-electron chi connectivity index (χ1n) is 10.6. The van der Waals surface area contributed by atoms with Gasteiger partial charge in [0.2, 0.25) is 21.8 Å². The number of hydrogen-bond acceptors (Lipinski definition) is 4. The molecule has 0 spiro atoms. The topological polar surface area (TPSA) is 86.8 Å². The van der Waals surface area contributed by atoms with E-state index in [1.54, 1.807) is 13.0 Å². The van der Waals surface area contributed by atoms with Crippen LogP contribution in [0.25, 0.3) is 0 Å². The summed E-state index contributed by atoms with van der Waals surface area (Å²) in [4.78, 5) is 26.8. The summed E-state index contributed by atoms with van der Waals surface area (Å²) in [5.41, 5.74) is 3.44. The number of aryl methyl sites for hydroxylation is 1. The number of anilines is 1. The summed E-state index contributed by atoms with van der Waals surface area (Å²) in [6, 6.07) is 14.4. The SMILES string of the molecule is CNC(=O)[C@@H](C)N(Cc1ccccc1)C(=O)CCCN(c1cccc(C)c1C)S(C)(=O)=O. The van der Waals surface area contributed by atoms with Gasteiger partial charge in [-0.1, -0.05) is 42.5 Å². The predicted octanol–water partition coefficient (Wildman–Crippen LogP) is 3.01. The second-order valence-corrected chi connectivity index (χ2v) is 9.86. The van der Waals surface area contributed by atoms with Crippen LogP contribution in [0.4, 0.5) is 5.69 Å². The van der Waals surface area contributed by atoms with E-state index in [9.17, 15) is 18.0 Å². The van der Waals surface area contributed by atoms with Gasteiger partial charge in [0.15, 0.2) is 0 Å². The lowest BCUT2D eigenvalue weighted by molar-refractivity contribution is -0.140. The fraction of sp³-hybridized carbons (Fsp3) is 0.417. The predicted molar refractivity (Wildman–Crippen MR) is 128 cm³/mol. The van der Waals surface area contributed by atoms with Crippen LogP contribution in [0.1, 0.15) is 36.5 Å². The first-order chi connectivity index (χ1) is 15.1. The fourth-order valence-electron chi connectivity index (χ4n) is 3.56. The van der Waals surface area contributed by atoms with E-state index in [-0.39, 0.29) is 24.8 Å². The molecule has 0 heterocycles. The van der Waals surface area contributed by atoms with Crippen LogP contribution in [-0.4, -0.2) is 51.0 Å². The minimum Gasteiger partial charge on any atom is -0.357 e. The molecule has 2 rings (SSSR count). The number of nitrogens with one attached hydrogen (secondary N) is 1. The molecule has 0 fully saturated rings. The number of hydrogen-bond donors (Lipinski definition) is 1. The number of rotatable bonds is 10. The van der Waals surface area contributed by atoms with Gasteiger partial charge in [0.05, 0.1) is 11.9 Å². The van der Waals surface area contributed by atoms with E-state index in [0.29, 0.717) is 18.7 Å². The smallest absolute Gasteiger partial charge is 0.242 e. The third-order valence-electron chi connectivity index (χ3n) is 5.61. The molecular formula is C24H33N3O4S. The molecule has 32 heavy (non-hydrogen) atoms. The molecule has 0 aromatic heterocycles. The highest BCUT2D eigenvalue weighted by Gasteiger charge is 2.26. The standard InChI is InChI=1S/C24H33N3O4S/c1-18-11-9-14-22(19(18)2)27(32(5,30)31)16-10-15-23(28)26(20(3)24(29)25-4)17-21-12-7-6-8-13-21/h6-9,11-14,20H,10,15-17H2,1-5H3,(H,25,29)/t20-/m1/s1. The number of likely N-dealkylation sites (N-methyl/N-ethyl adjacent to an activating group) is 1. The molecule has 0 aliphatic heterocycles. The Labute approximate surface area is 191 Å². The van der Waals surface area contributed by atoms with Gasteiger partial charge in [-0.15, -0.1) is 0 Å². The lowest BCUT2D eigenvalue weighted by Gasteiger charge is -2.29. The molecule has 0 saturated heterocycles. The Morgan fingerprint density at radius 3 is 2.28 bits per heavy atom. The Bertz CT molecular complexity index is 1040. The highest BCUT2D eigenvalue weighted by molar-refractivity contribution is 7.92. The van der Waals surface area contributed by atoms with Crippen molar-refractivity contribution in [1.29, 1.82) is 0 Å². The Morgan fingerprint density at radius 2 is 1.69 bits per heavy atom. The summed E-state index contributed by atoms with van der Waals surface area (Å²) in [7, 11) is -1.97. The maximum atomic E-state index is 13.1. The third kappa shape index (κ3) is 6.56. The van der Waals surface area contributed by atoms with Crippen molar-refractivity contribution in [3.05, 3.63) is 65.2 Å². The average Bonchev–Trinajstić information content (AvgIpc) is 2.76. The zero-order chi connectivity index (χ0) is 23.9. The second-order valence-electron chi connectivity index (χ2n) is 7.96. The number of amides is 2. The van der Waals surface area contributed by atoms with Crippen molar-refractivity contribution < 1.29 is 18.0 Å². The Balaban J connectivity index is 2.16. The minimum atomic E-state index is -3.51. The molecule has 0 aliphatic rings. The van der Waals surface area contributed by atoms with Gasteiger partial charge < -0.3 is 10.2 Å². The van der Waals surface area contributed by atoms with Gasteiger partial charge in [-0.05, 0) is 49.9 Å². The third-order valence-corrected chi connectivity index (χ3v) is 6.79. The number of benzene rings is 2. The molecule has 1 N–H and O–H groups in total. The van der Waals surface area contributed by atoms with Crippen LogP contribution < -0.4 is 9.62 Å². The molecule has 0 aliphatic carbocycles. The lowest BCUT2D eigenvalue weighted by atomic mass is 10.1. The normalized spacial score (nSPS) is 12.2. The van der Waals surface area contributed by atoms with E-state index in [1.165, 1.54) is 22.5 Å². The molecule has 2 amide bonds. The van der Waals surface area contributed by atoms with Crippen LogP contribution in [0.3, 0.4) is 0 Å². The summed E-state index contributed by atoms with van der Waals surface area (Å²) in [6.45, 7) is 6.01. The first-order valence-corrected chi connectivity index (χ1v) is 12.5. The Hall–Kier alpha value is -2.87. The summed E-state index contributed by atoms with van der Waals surface area (Å²) in [6.07, 6.45) is 1.64. The van der Waals surface area contributed by atoms with Crippen LogP contribution in [0.5, 0.6) is 0 Å². The van der Waals surface area contributed by atoms with Crippen molar-refractivity contribution in [2.75, 3.05) is 24.2 Å². The van der Waals surface area contributed by atoms with Crippen LogP contribution in [-0.2, 0) is 26.2 Å². The quantitative estimate of drug-likeness (QED) is 0.592. The zero-order valence-electron chi connectivity index (χ0n) is 19.5. The van der Waals surface area contributed by atoms with E-state index in [1.807, 2.05) is 56.3 Å². The van der Waals surface area contributed by atoms with Gasteiger partial charge in [0, 0.05) is 26.6 Å². The van der Waals surface area contributed by atoms with Gasteiger partial charge in [0.1, 0.15) is 6.04 Å². The van der Waals surface area contributed by atoms with Crippen molar-refractivity contribution in [3.63, 3.8) is 0 Å². The van der Waals surface area contributed by atoms with Crippen LogP contribution >= 0.6 is 0 Å². The van der Waals surface area contributed by atoms with Crippen molar-refractivity contribution in [1.82, 2.24) is 10.2 Å². The maximum absolute atomic E-state index is 13.1. The molecular weight excluding hydrogens is 426 g/mol. The summed E-state index contributed by atoms with van der Waals surface area (Å²) >= 11 is 0. The fourth-order valence-corrected chi connectivity index (χ4v) is 4.58. The van der Waals surface area contributed by atoms with E-state index < -0.39 is 16.1 Å². The van der Waals surface area contributed by atoms with E-state index in [2.05, 4.69) is 5.32 Å². The van der Waals surface area contributed by atoms with Crippen LogP contribution in [0, 0.1) is 13.8 Å². The van der Waals surface area contributed by atoms with Crippen molar-refractivity contribution in [3.8, 4) is 0 Å². The van der Waals surface area contributed by atoms with Gasteiger partial charge in [-0.3, -0.25) is 13.9 Å². The first kappa shape index (κ1) is 25.4. The summed E-state index contributed by atoms with van der Waals surface area (Å²) < 4.78 is 26.3. The summed E-state index contributed by atoms with van der Waals surface area (Å²) in [5, 5.41) is 2.59. The van der Waals surface area contributed by atoms with E-state index >= 15 is 0 Å². The molecule has 0 unspecified atom stereocenters. The Kier molecular flexibility index (Phi) is 8.83. The molecule has 174 valence electrons. The van der Waals surface area contributed by atoms with Crippen molar-refractivity contribution in [2.24, 2.45) is 0 Å². The monoisotopic (exact) mass is 459 g/mol. The van der Waals surface area contributed by atoms with Crippen LogP contribution in [0.2, 0.25) is 0 Å². The Morgan fingerprint density at radius 1 is 1.03 bits per heavy atom. The van der Waals surface area contributed by atoms with Gasteiger partial charge >= 0.3 is 0 Å². The highest BCUT2D eigenvalue weighted by Crippen LogP contribution is 2.25. The molecule has 2 aromatic rings. The van der Waals surface area contributed by atoms with E-state index in [0.717, 1.165) is 16.7 Å². The second kappa shape index (κ2) is 11.1. The molecule has 2 aromatic carbocycles. The van der Waals surface area contributed by atoms with Gasteiger partial charge in [-0.25, -0.2) is 8.42 Å². The van der Waals surface area contributed by atoms with Gasteiger partial charge in [0.25, 0.3) is 0 Å². The molecule has 7 nitrogen and oxygen atoms in total. The average molecular weight is 460 g/mol. The molecule has 1 atom stereocenters. The maximum Gasteiger partial charge on any atom is 0.242 e. The van der Waals surface area contributed by atoms with Crippen molar-refractivity contribution >= 4 is 27.5 Å². The molecule has 0 saturated carbocycles. The molecule has 8 heteroatoms.